The smallest absolute Gasteiger partial charge is 0.326 e. The minimum atomic E-state index is -1.06. The van der Waals surface area contributed by atoms with Gasteiger partial charge in [0, 0.05) is 5.02 Å². The Balaban J connectivity index is 1.82. The summed E-state index contributed by atoms with van der Waals surface area (Å²) in [6, 6.07) is 12.9. The maximum Gasteiger partial charge on any atom is 0.326 e. The third-order valence-corrected chi connectivity index (χ3v) is 4.18. The third kappa shape index (κ3) is 3.94. The van der Waals surface area contributed by atoms with Gasteiger partial charge in [0.1, 0.15) is 6.54 Å². The van der Waals surface area contributed by atoms with Crippen LogP contribution in [-0.4, -0.2) is 26.5 Å². The van der Waals surface area contributed by atoms with E-state index in [-0.39, 0.29) is 13.0 Å². The van der Waals surface area contributed by atoms with Crippen LogP contribution in [0.15, 0.2) is 53.3 Å². The molecule has 1 aromatic heterocycles. The molecule has 1 amide bonds. The number of hydrogen-bond acceptors (Lipinski definition) is 3. The number of amides is 1. The Morgan fingerprint density at radius 3 is 2.69 bits per heavy atom. The zero-order chi connectivity index (χ0) is 18.7. The van der Waals surface area contributed by atoms with Crippen molar-refractivity contribution in [2.24, 2.45) is 0 Å². The van der Waals surface area contributed by atoms with Crippen LogP contribution in [-0.2, 0) is 16.1 Å². The summed E-state index contributed by atoms with van der Waals surface area (Å²) in [5.41, 5.74) is 1.41. The minimum absolute atomic E-state index is 0.223. The Morgan fingerprint density at radius 1 is 1.19 bits per heavy atom. The van der Waals surface area contributed by atoms with Gasteiger partial charge in [-0.25, -0.2) is 4.79 Å². The van der Waals surface area contributed by atoms with Crippen LogP contribution in [0.4, 0.5) is 0 Å². The van der Waals surface area contributed by atoms with Crippen molar-refractivity contribution in [3.05, 3.63) is 69.6 Å². The normalized spacial score (nSPS) is 12.0. The van der Waals surface area contributed by atoms with Gasteiger partial charge in [0.15, 0.2) is 0 Å². The van der Waals surface area contributed by atoms with E-state index >= 15 is 0 Å². The van der Waals surface area contributed by atoms with E-state index in [9.17, 15) is 14.4 Å². The number of para-hydroxylation sites is 2. The van der Waals surface area contributed by atoms with Crippen LogP contribution < -0.4 is 11.0 Å². The second-order valence-corrected chi connectivity index (χ2v) is 6.24. The van der Waals surface area contributed by atoms with Crippen molar-refractivity contribution in [2.75, 3.05) is 0 Å². The minimum Gasteiger partial charge on any atom is -0.481 e. The number of halogens is 1. The van der Waals surface area contributed by atoms with Crippen LogP contribution >= 0.6 is 11.6 Å². The van der Waals surface area contributed by atoms with E-state index in [2.05, 4.69) is 10.3 Å². The van der Waals surface area contributed by atoms with Crippen LogP contribution in [0.1, 0.15) is 18.0 Å². The molecule has 0 saturated heterocycles. The molecule has 0 aliphatic rings. The summed E-state index contributed by atoms with van der Waals surface area (Å²) in [5.74, 6) is -1.53. The molecule has 0 spiro atoms. The van der Waals surface area contributed by atoms with Gasteiger partial charge in [-0.05, 0) is 29.8 Å². The fourth-order valence-corrected chi connectivity index (χ4v) is 3.00. The molecule has 1 atom stereocenters. The standard InChI is InChI=1S/C18H16ClN3O4/c19-12-5-3-4-11(8-12)14(9-17(24)25)20-16(23)10-22-15-7-2-1-6-13(15)21-18(22)26/h1-8,14H,9-10H2,(H,20,23)(H,21,26)(H,24,25). The highest BCUT2D eigenvalue weighted by Gasteiger charge is 2.19. The Bertz CT molecular complexity index is 1020. The van der Waals surface area contributed by atoms with Gasteiger partial charge in [-0.3, -0.25) is 14.2 Å². The molecule has 0 saturated carbocycles. The number of carbonyl (C=O) groups is 2. The number of imidazole rings is 1. The van der Waals surface area contributed by atoms with Crippen molar-refractivity contribution in [2.45, 2.75) is 19.0 Å². The van der Waals surface area contributed by atoms with Crippen molar-refractivity contribution < 1.29 is 14.7 Å². The number of aromatic amines is 1. The highest BCUT2D eigenvalue weighted by Crippen LogP contribution is 2.21. The maximum atomic E-state index is 12.4. The number of benzene rings is 2. The SMILES string of the molecule is O=C(O)CC(NC(=O)Cn1c(=O)[nH]c2ccccc21)c1cccc(Cl)c1. The lowest BCUT2D eigenvalue weighted by atomic mass is 10.0. The molecule has 0 radical (unpaired) electrons. The van der Waals surface area contributed by atoms with E-state index in [0.29, 0.717) is 21.6 Å². The lowest BCUT2D eigenvalue weighted by molar-refractivity contribution is -0.137. The first-order valence-corrected chi connectivity index (χ1v) is 8.26. The molecular formula is C18H16ClN3O4. The number of aliphatic carboxylic acids is 1. The zero-order valence-corrected chi connectivity index (χ0v) is 14.4. The van der Waals surface area contributed by atoms with E-state index < -0.39 is 23.6 Å². The summed E-state index contributed by atoms with van der Waals surface area (Å²) < 4.78 is 1.31. The van der Waals surface area contributed by atoms with Crippen LogP contribution in [0.2, 0.25) is 5.02 Å². The van der Waals surface area contributed by atoms with E-state index in [4.69, 9.17) is 16.7 Å². The summed E-state index contributed by atoms with van der Waals surface area (Å²) in [6.07, 6.45) is -0.297. The lowest BCUT2D eigenvalue weighted by Gasteiger charge is -2.18. The van der Waals surface area contributed by atoms with Gasteiger partial charge in [0.2, 0.25) is 5.91 Å². The number of rotatable bonds is 6. The van der Waals surface area contributed by atoms with Gasteiger partial charge in [-0.15, -0.1) is 0 Å². The molecule has 7 nitrogen and oxygen atoms in total. The molecule has 1 heterocycles. The van der Waals surface area contributed by atoms with E-state index in [1.165, 1.54) is 4.57 Å². The van der Waals surface area contributed by atoms with Crippen molar-refractivity contribution in [1.82, 2.24) is 14.9 Å². The van der Waals surface area contributed by atoms with Crippen LogP contribution in [0.3, 0.4) is 0 Å². The first-order chi connectivity index (χ1) is 12.4. The Labute approximate surface area is 153 Å². The molecule has 0 aliphatic heterocycles. The number of H-pyrrole nitrogens is 1. The summed E-state index contributed by atoms with van der Waals surface area (Å²) >= 11 is 5.95. The average Bonchev–Trinajstić information content (AvgIpc) is 2.89. The molecule has 0 bridgehead atoms. The third-order valence-electron chi connectivity index (χ3n) is 3.95. The highest BCUT2D eigenvalue weighted by molar-refractivity contribution is 6.30. The van der Waals surface area contributed by atoms with Crippen molar-refractivity contribution in [1.29, 1.82) is 0 Å². The molecule has 134 valence electrons. The highest BCUT2D eigenvalue weighted by atomic mass is 35.5. The number of carbonyl (C=O) groups excluding carboxylic acids is 1. The second-order valence-electron chi connectivity index (χ2n) is 5.81. The maximum absolute atomic E-state index is 12.4. The average molecular weight is 374 g/mol. The van der Waals surface area contributed by atoms with Crippen LogP contribution in [0.25, 0.3) is 11.0 Å². The molecule has 8 heteroatoms. The molecular weight excluding hydrogens is 358 g/mol. The predicted octanol–water partition coefficient (Wildman–Crippen LogP) is 2.32. The topological polar surface area (TPSA) is 104 Å². The number of carboxylic acids is 1. The number of aromatic nitrogens is 2. The fourth-order valence-electron chi connectivity index (χ4n) is 2.80. The van der Waals surface area contributed by atoms with Gasteiger partial charge < -0.3 is 15.4 Å². The van der Waals surface area contributed by atoms with Gasteiger partial charge in [0.05, 0.1) is 23.5 Å². The Hall–Kier alpha value is -3.06. The van der Waals surface area contributed by atoms with Gasteiger partial charge in [0.25, 0.3) is 0 Å². The molecule has 3 aromatic rings. The largest absolute Gasteiger partial charge is 0.481 e. The summed E-state index contributed by atoms with van der Waals surface area (Å²) in [4.78, 5) is 38.3. The number of hydrogen-bond donors (Lipinski definition) is 3. The van der Waals surface area contributed by atoms with Crippen molar-refractivity contribution in [3.63, 3.8) is 0 Å². The van der Waals surface area contributed by atoms with Gasteiger partial charge in [-0.2, -0.15) is 0 Å². The summed E-state index contributed by atoms with van der Waals surface area (Å²) in [5, 5.41) is 12.2. The van der Waals surface area contributed by atoms with Crippen LogP contribution in [0, 0.1) is 0 Å². The Kier molecular flexibility index (Phi) is 5.09. The molecule has 1 unspecified atom stereocenters. The quantitative estimate of drug-likeness (QED) is 0.616. The van der Waals surface area contributed by atoms with Crippen LogP contribution in [0.5, 0.6) is 0 Å². The summed E-state index contributed by atoms with van der Waals surface area (Å²) in [6.45, 7) is -0.223. The fraction of sp³-hybridized carbons (Fsp3) is 0.167. The van der Waals surface area contributed by atoms with E-state index in [0.717, 1.165) is 0 Å². The monoisotopic (exact) mass is 373 g/mol. The second kappa shape index (κ2) is 7.45. The first kappa shape index (κ1) is 17.8. The molecule has 3 N–H and O–H groups in total. The summed E-state index contributed by atoms with van der Waals surface area (Å²) in [7, 11) is 0. The van der Waals surface area contributed by atoms with Crippen molar-refractivity contribution >= 4 is 34.5 Å². The molecule has 0 fully saturated rings. The first-order valence-electron chi connectivity index (χ1n) is 7.88. The molecule has 26 heavy (non-hydrogen) atoms. The van der Waals surface area contributed by atoms with E-state index in [1.807, 2.05) is 0 Å². The Morgan fingerprint density at radius 2 is 1.96 bits per heavy atom. The number of nitrogens with zero attached hydrogens (tertiary/aromatic N) is 1. The van der Waals surface area contributed by atoms with Gasteiger partial charge >= 0.3 is 11.7 Å². The zero-order valence-electron chi connectivity index (χ0n) is 13.6. The molecule has 3 rings (SSSR count). The lowest BCUT2D eigenvalue weighted by Crippen LogP contribution is -2.35. The number of fused-ring (bicyclic) bond motifs is 1. The molecule has 2 aromatic carbocycles. The number of carboxylic acid groups (broad SMARTS) is 1. The molecule has 0 aliphatic carbocycles. The number of nitrogens with one attached hydrogen (secondary N) is 2. The van der Waals surface area contributed by atoms with Gasteiger partial charge in [-0.1, -0.05) is 35.9 Å². The van der Waals surface area contributed by atoms with Crippen molar-refractivity contribution in [3.8, 4) is 0 Å². The predicted molar refractivity (Wildman–Crippen MR) is 97.1 cm³/mol. The van der Waals surface area contributed by atoms with E-state index in [1.54, 1.807) is 48.5 Å².